The van der Waals surface area contributed by atoms with Crippen LogP contribution < -0.4 is 10.1 Å². The van der Waals surface area contributed by atoms with Crippen molar-refractivity contribution in [1.29, 1.82) is 0 Å². The highest BCUT2D eigenvalue weighted by atomic mass is 16.5. The fourth-order valence-corrected chi connectivity index (χ4v) is 2.34. The van der Waals surface area contributed by atoms with Gasteiger partial charge in [0.1, 0.15) is 18.1 Å². The van der Waals surface area contributed by atoms with Crippen LogP contribution in [0.15, 0.2) is 36.5 Å². The molecule has 0 unspecified atom stereocenters. The first kappa shape index (κ1) is 15.1. The van der Waals surface area contributed by atoms with E-state index in [1.54, 1.807) is 22.7 Å². The molecule has 120 valence electrons. The Kier molecular flexibility index (Phi) is 4.27. The van der Waals surface area contributed by atoms with Gasteiger partial charge < -0.3 is 19.5 Å². The van der Waals surface area contributed by atoms with Gasteiger partial charge in [0.25, 0.3) is 11.8 Å². The maximum Gasteiger partial charge on any atom is 0.289 e. The molecule has 1 aliphatic heterocycles. The van der Waals surface area contributed by atoms with Crippen LogP contribution in [0.3, 0.4) is 0 Å². The van der Waals surface area contributed by atoms with Crippen molar-refractivity contribution in [3.8, 4) is 5.75 Å². The molecule has 2 aromatic rings. The highest BCUT2D eigenvalue weighted by Gasteiger charge is 2.25. The van der Waals surface area contributed by atoms with Crippen molar-refractivity contribution < 1.29 is 14.3 Å². The fourth-order valence-electron chi connectivity index (χ4n) is 2.34. The van der Waals surface area contributed by atoms with E-state index in [2.05, 4.69) is 10.3 Å². The minimum absolute atomic E-state index is 0.164. The molecule has 1 N–H and O–H groups in total. The first-order chi connectivity index (χ1) is 11.1. The first-order valence-corrected chi connectivity index (χ1v) is 7.44. The third-order valence-corrected chi connectivity index (χ3v) is 3.62. The molecule has 23 heavy (non-hydrogen) atoms. The second-order valence-electron chi connectivity index (χ2n) is 5.29. The Bertz CT molecular complexity index is 711. The molecule has 0 radical (unpaired) electrons. The molecule has 1 aliphatic rings. The number of ether oxygens (including phenoxy) is 1. The number of carbonyl (C=O) groups excluding carboxylic acids is 2. The lowest BCUT2D eigenvalue weighted by molar-refractivity contribution is 0.0741. The summed E-state index contributed by atoms with van der Waals surface area (Å²) in [5.41, 5.74) is 0.253. The van der Waals surface area contributed by atoms with Crippen LogP contribution in [0.25, 0.3) is 0 Å². The number of nitrogens with one attached hydrogen (secondary N) is 1. The molecular weight excluding hydrogens is 296 g/mol. The normalized spacial score (nSPS) is 13.6. The van der Waals surface area contributed by atoms with Gasteiger partial charge in [0, 0.05) is 26.3 Å². The van der Waals surface area contributed by atoms with Crippen LogP contribution in [0.4, 0.5) is 0 Å². The van der Waals surface area contributed by atoms with Crippen molar-refractivity contribution in [1.82, 2.24) is 19.8 Å². The van der Waals surface area contributed by atoms with Gasteiger partial charge in [0.05, 0.1) is 6.54 Å². The van der Waals surface area contributed by atoms with Crippen LogP contribution in [0, 0.1) is 0 Å². The fraction of sp³-hybridized carbons (Fsp3) is 0.312. The lowest BCUT2D eigenvalue weighted by Crippen LogP contribution is -2.37. The molecule has 0 aliphatic carbocycles. The van der Waals surface area contributed by atoms with Gasteiger partial charge in [-0.3, -0.25) is 9.59 Å². The van der Waals surface area contributed by atoms with Crippen LogP contribution >= 0.6 is 0 Å². The van der Waals surface area contributed by atoms with E-state index in [1.165, 1.54) is 0 Å². The molecular formula is C16H18N4O3. The SMILES string of the molecule is CN1CCn2cc(C(=O)NCCOc3ccccc3)nc2C1=O. The third kappa shape index (κ3) is 3.33. The van der Waals surface area contributed by atoms with Gasteiger partial charge in [-0.1, -0.05) is 18.2 Å². The second-order valence-corrected chi connectivity index (χ2v) is 5.29. The molecule has 0 saturated carbocycles. The lowest BCUT2D eigenvalue weighted by Gasteiger charge is -2.22. The van der Waals surface area contributed by atoms with Crippen molar-refractivity contribution in [3.05, 3.63) is 48.0 Å². The van der Waals surface area contributed by atoms with Gasteiger partial charge in [0.2, 0.25) is 0 Å². The second kappa shape index (κ2) is 6.51. The number of aromatic nitrogens is 2. The van der Waals surface area contributed by atoms with Crippen LogP contribution in [0.5, 0.6) is 5.75 Å². The molecule has 0 spiro atoms. The zero-order chi connectivity index (χ0) is 16.2. The average Bonchev–Trinajstić information content (AvgIpc) is 3.01. The number of hydrogen-bond donors (Lipinski definition) is 1. The first-order valence-electron chi connectivity index (χ1n) is 7.44. The molecule has 7 nitrogen and oxygen atoms in total. The molecule has 2 amide bonds. The summed E-state index contributed by atoms with van der Waals surface area (Å²) in [5, 5.41) is 2.74. The van der Waals surface area contributed by atoms with Gasteiger partial charge in [-0.25, -0.2) is 4.98 Å². The Balaban J connectivity index is 1.53. The summed E-state index contributed by atoms with van der Waals surface area (Å²) in [6.07, 6.45) is 1.62. The highest BCUT2D eigenvalue weighted by Crippen LogP contribution is 2.11. The lowest BCUT2D eigenvalue weighted by atomic mass is 10.3. The van der Waals surface area contributed by atoms with E-state index in [4.69, 9.17) is 4.74 Å². The van der Waals surface area contributed by atoms with Crippen molar-refractivity contribution in [2.75, 3.05) is 26.7 Å². The Morgan fingerprint density at radius 1 is 1.30 bits per heavy atom. The molecule has 0 bridgehead atoms. The summed E-state index contributed by atoms with van der Waals surface area (Å²) in [7, 11) is 1.72. The molecule has 0 fully saturated rings. The van der Waals surface area contributed by atoms with E-state index >= 15 is 0 Å². The number of hydrogen-bond acceptors (Lipinski definition) is 4. The number of likely N-dealkylation sites (N-methyl/N-ethyl adjacent to an activating group) is 1. The Morgan fingerprint density at radius 3 is 2.87 bits per heavy atom. The smallest absolute Gasteiger partial charge is 0.289 e. The summed E-state index contributed by atoms with van der Waals surface area (Å²) >= 11 is 0. The van der Waals surface area contributed by atoms with Gasteiger partial charge in [-0.2, -0.15) is 0 Å². The maximum atomic E-state index is 12.1. The van der Waals surface area contributed by atoms with Crippen LogP contribution in [-0.2, 0) is 6.54 Å². The number of carbonyl (C=O) groups is 2. The number of para-hydroxylation sites is 1. The average molecular weight is 314 g/mol. The Hall–Kier alpha value is -2.83. The molecule has 7 heteroatoms. The van der Waals surface area contributed by atoms with E-state index in [1.807, 2.05) is 30.3 Å². The van der Waals surface area contributed by atoms with Gasteiger partial charge >= 0.3 is 0 Å². The summed E-state index contributed by atoms with van der Waals surface area (Å²) in [6.45, 7) is 2.00. The molecule has 1 aromatic heterocycles. The number of amides is 2. The van der Waals surface area contributed by atoms with E-state index in [-0.39, 0.29) is 17.5 Å². The van der Waals surface area contributed by atoms with E-state index in [9.17, 15) is 9.59 Å². The highest BCUT2D eigenvalue weighted by molar-refractivity contribution is 5.96. The van der Waals surface area contributed by atoms with E-state index in [0.717, 1.165) is 5.75 Å². The number of rotatable bonds is 5. The van der Waals surface area contributed by atoms with Crippen molar-refractivity contribution in [3.63, 3.8) is 0 Å². The molecule has 0 atom stereocenters. The zero-order valence-electron chi connectivity index (χ0n) is 12.9. The van der Waals surface area contributed by atoms with Crippen molar-refractivity contribution >= 4 is 11.8 Å². The molecule has 1 aromatic carbocycles. The summed E-state index contributed by atoms with van der Waals surface area (Å²) in [5.74, 6) is 0.596. The van der Waals surface area contributed by atoms with Gasteiger partial charge in [-0.15, -0.1) is 0 Å². The van der Waals surface area contributed by atoms with Crippen molar-refractivity contribution in [2.24, 2.45) is 0 Å². The monoisotopic (exact) mass is 314 g/mol. The van der Waals surface area contributed by atoms with Crippen molar-refractivity contribution in [2.45, 2.75) is 6.54 Å². The topological polar surface area (TPSA) is 76.5 Å². The minimum atomic E-state index is -0.306. The largest absolute Gasteiger partial charge is 0.492 e. The van der Waals surface area contributed by atoms with Crippen LogP contribution in [0.2, 0.25) is 0 Å². The predicted molar refractivity (Wildman–Crippen MR) is 83.5 cm³/mol. The van der Waals surface area contributed by atoms with E-state index in [0.29, 0.717) is 32.1 Å². The maximum absolute atomic E-state index is 12.1. The Labute approximate surface area is 133 Å². The number of fused-ring (bicyclic) bond motifs is 1. The molecule has 2 heterocycles. The number of benzene rings is 1. The summed E-state index contributed by atoms with van der Waals surface area (Å²) in [6, 6.07) is 9.39. The minimum Gasteiger partial charge on any atom is -0.492 e. The number of nitrogens with zero attached hydrogens (tertiary/aromatic N) is 3. The van der Waals surface area contributed by atoms with Crippen LogP contribution in [-0.4, -0.2) is 53.0 Å². The zero-order valence-corrected chi connectivity index (χ0v) is 12.9. The molecule has 3 rings (SSSR count). The van der Waals surface area contributed by atoms with Gasteiger partial charge in [-0.05, 0) is 12.1 Å². The number of imidazole rings is 1. The quantitative estimate of drug-likeness (QED) is 0.827. The summed E-state index contributed by atoms with van der Waals surface area (Å²) < 4.78 is 7.22. The van der Waals surface area contributed by atoms with Gasteiger partial charge in [0.15, 0.2) is 5.82 Å². The Morgan fingerprint density at radius 2 is 2.09 bits per heavy atom. The standard InChI is InChI=1S/C16H18N4O3/c1-19-8-9-20-11-13(18-14(20)16(19)22)15(21)17-7-10-23-12-5-3-2-4-6-12/h2-6,11H,7-10H2,1H3,(H,17,21). The third-order valence-electron chi connectivity index (χ3n) is 3.62. The predicted octanol–water partition coefficient (Wildman–Crippen LogP) is 0.777. The van der Waals surface area contributed by atoms with E-state index < -0.39 is 0 Å². The molecule has 0 saturated heterocycles. The summed E-state index contributed by atoms with van der Waals surface area (Å²) in [4.78, 5) is 29.8. The van der Waals surface area contributed by atoms with Crippen LogP contribution in [0.1, 0.15) is 21.1 Å².